The Bertz CT molecular complexity index is 1170. The van der Waals surface area contributed by atoms with E-state index in [1.54, 1.807) is 31.4 Å². The van der Waals surface area contributed by atoms with Crippen molar-refractivity contribution in [1.29, 1.82) is 0 Å². The molecule has 1 heterocycles. The van der Waals surface area contributed by atoms with Crippen molar-refractivity contribution in [3.8, 4) is 17.2 Å². The van der Waals surface area contributed by atoms with Gasteiger partial charge in [0.25, 0.3) is 11.7 Å². The molecule has 1 amide bonds. The van der Waals surface area contributed by atoms with Gasteiger partial charge in [-0.3, -0.25) is 9.59 Å². The predicted octanol–water partition coefficient (Wildman–Crippen LogP) is 4.95. The number of hydrogen-bond acceptors (Lipinski definition) is 7. The maximum Gasteiger partial charge on any atom is 0.295 e. The van der Waals surface area contributed by atoms with Crippen LogP contribution < -0.4 is 14.2 Å². The highest BCUT2D eigenvalue weighted by Crippen LogP contribution is 2.42. The summed E-state index contributed by atoms with van der Waals surface area (Å²) in [6, 6.07) is 9.94. The van der Waals surface area contributed by atoms with E-state index in [2.05, 4.69) is 6.92 Å². The second-order valence-corrected chi connectivity index (χ2v) is 9.73. The molecule has 0 aromatic heterocycles. The number of nitrogens with zero attached hydrogens (tertiary/aromatic N) is 2. The molecule has 0 radical (unpaired) electrons. The van der Waals surface area contributed by atoms with Crippen molar-refractivity contribution in [2.75, 3.05) is 47.5 Å². The fraction of sp³-hybridized carbons (Fsp3) is 0.467. The zero-order chi connectivity index (χ0) is 27.8. The van der Waals surface area contributed by atoms with E-state index in [0.29, 0.717) is 54.7 Å². The third-order valence-corrected chi connectivity index (χ3v) is 6.51. The number of aliphatic hydroxyl groups is 1. The van der Waals surface area contributed by atoms with Gasteiger partial charge in [-0.15, -0.1) is 0 Å². The third kappa shape index (κ3) is 6.48. The largest absolute Gasteiger partial charge is 0.507 e. The van der Waals surface area contributed by atoms with Crippen molar-refractivity contribution in [2.45, 2.75) is 46.1 Å². The number of carbonyl (C=O) groups excluding carboxylic acids is 2. The molecule has 0 aliphatic carbocycles. The number of hydrogen-bond donors (Lipinski definition) is 1. The summed E-state index contributed by atoms with van der Waals surface area (Å²) >= 11 is 0. The van der Waals surface area contributed by atoms with Crippen LogP contribution in [0.2, 0.25) is 0 Å². The zero-order valence-corrected chi connectivity index (χ0v) is 23.4. The van der Waals surface area contributed by atoms with Gasteiger partial charge >= 0.3 is 0 Å². The number of likely N-dealkylation sites (N-methyl/N-ethyl adjacent to an activating group) is 1. The fourth-order valence-corrected chi connectivity index (χ4v) is 4.42. The van der Waals surface area contributed by atoms with Crippen molar-refractivity contribution in [2.24, 2.45) is 0 Å². The van der Waals surface area contributed by atoms with Crippen LogP contribution in [-0.2, 0) is 9.59 Å². The Morgan fingerprint density at radius 3 is 2.39 bits per heavy atom. The van der Waals surface area contributed by atoms with E-state index in [0.717, 1.165) is 24.8 Å². The zero-order valence-electron chi connectivity index (χ0n) is 23.4. The number of unbranched alkanes of at least 4 members (excludes halogenated alkanes) is 1. The number of amides is 1. The lowest BCUT2D eigenvalue weighted by molar-refractivity contribution is -0.140. The average Bonchev–Trinajstić information content (AvgIpc) is 3.15. The van der Waals surface area contributed by atoms with Crippen LogP contribution in [-0.4, -0.2) is 74.1 Å². The summed E-state index contributed by atoms with van der Waals surface area (Å²) in [7, 11) is 5.37. The third-order valence-electron chi connectivity index (χ3n) is 6.51. The van der Waals surface area contributed by atoms with Gasteiger partial charge < -0.3 is 29.1 Å². The second-order valence-electron chi connectivity index (χ2n) is 9.73. The molecule has 38 heavy (non-hydrogen) atoms. The molecule has 1 aliphatic heterocycles. The molecule has 2 aromatic rings. The summed E-state index contributed by atoms with van der Waals surface area (Å²) in [5.74, 6) is 0.231. The van der Waals surface area contributed by atoms with Gasteiger partial charge in [-0.1, -0.05) is 26.3 Å². The molecule has 3 rings (SSSR count). The molecule has 1 aliphatic rings. The Kier molecular flexibility index (Phi) is 10.2. The molecule has 1 fully saturated rings. The number of aliphatic hydroxyl groups excluding tert-OH is 1. The first-order valence-electron chi connectivity index (χ1n) is 13.2. The van der Waals surface area contributed by atoms with E-state index in [9.17, 15) is 14.7 Å². The highest BCUT2D eigenvalue weighted by atomic mass is 16.5. The van der Waals surface area contributed by atoms with Crippen molar-refractivity contribution in [3.05, 3.63) is 58.7 Å². The molecule has 2 aromatic carbocycles. The number of carbonyl (C=O) groups is 2. The minimum absolute atomic E-state index is 0.0563. The molecule has 8 nitrogen and oxygen atoms in total. The fourth-order valence-electron chi connectivity index (χ4n) is 4.42. The summed E-state index contributed by atoms with van der Waals surface area (Å²) in [5.41, 5.74) is 1.94. The number of aryl methyl sites for hydroxylation is 1. The first-order valence-corrected chi connectivity index (χ1v) is 13.2. The molecule has 8 heteroatoms. The van der Waals surface area contributed by atoms with Gasteiger partial charge in [-0.05, 0) is 75.3 Å². The van der Waals surface area contributed by atoms with Crippen LogP contribution in [0.3, 0.4) is 0 Å². The number of likely N-dealkylation sites (tertiary alicyclic amines) is 1. The van der Waals surface area contributed by atoms with Gasteiger partial charge in [0.05, 0.1) is 31.9 Å². The molecule has 1 unspecified atom stereocenters. The maximum atomic E-state index is 13.4. The van der Waals surface area contributed by atoms with Crippen LogP contribution in [0.4, 0.5) is 0 Å². The van der Waals surface area contributed by atoms with Gasteiger partial charge in [-0.2, -0.15) is 0 Å². The van der Waals surface area contributed by atoms with E-state index in [1.165, 1.54) is 4.90 Å². The monoisotopic (exact) mass is 524 g/mol. The Hall–Kier alpha value is -3.52. The molecular formula is C30H40N2O6. The molecule has 1 N–H and O–H groups in total. The van der Waals surface area contributed by atoms with Gasteiger partial charge in [-0.25, -0.2) is 0 Å². The van der Waals surface area contributed by atoms with E-state index in [-0.39, 0.29) is 11.3 Å². The van der Waals surface area contributed by atoms with Crippen molar-refractivity contribution in [3.63, 3.8) is 0 Å². The number of methoxy groups -OCH3 is 1. The summed E-state index contributed by atoms with van der Waals surface area (Å²) in [6.07, 6.45) is 2.80. The van der Waals surface area contributed by atoms with Crippen molar-refractivity contribution >= 4 is 17.4 Å². The van der Waals surface area contributed by atoms with Gasteiger partial charge in [0.1, 0.15) is 11.5 Å². The SMILES string of the molecule is CCCCOc1ccc(C2/C(=C(\O)c3ccc(OCCC)cc3C)C(=O)C(=O)N2CCN(C)C)cc1OC. The lowest BCUT2D eigenvalue weighted by atomic mass is 9.93. The summed E-state index contributed by atoms with van der Waals surface area (Å²) in [6.45, 7) is 7.98. The van der Waals surface area contributed by atoms with Crippen LogP contribution in [0.25, 0.3) is 5.76 Å². The molecule has 0 saturated carbocycles. The Morgan fingerprint density at radius 1 is 1.00 bits per heavy atom. The van der Waals surface area contributed by atoms with Crippen molar-refractivity contribution in [1.82, 2.24) is 9.80 Å². The number of rotatable bonds is 13. The first-order chi connectivity index (χ1) is 18.2. The number of Topliss-reactive ketones (excluding diaryl/α,β-unsaturated/α-hetero) is 1. The van der Waals surface area contributed by atoms with Crippen LogP contribution in [0.1, 0.15) is 55.8 Å². The smallest absolute Gasteiger partial charge is 0.295 e. The Balaban J connectivity index is 2.11. The van der Waals surface area contributed by atoms with E-state index < -0.39 is 17.7 Å². The lowest BCUT2D eigenvalue weighted by Gasteiger charge is -2.27. The minimum atomic E-state index is -0.774. The molecule has 1 saturated heterocycles. The average molecular weight is 525 g/mol. The van der Waals surface area contributed by atoms with Gasteiger partial charge in [0.2, 0.25) is 0 Å². The number of ketones is 1. The van der Waals surface area contributed by atoms with E-state index >= 15 is 0 Å². The molecule has 0 spiro atoms. The van der Waals surface area contributed by atoms with E-state index in [4.69, 9.17) is 14.2 Å². The van der Waals surface area contributed by atoms with E-state index in [1.807, 2.05) is 45.0 Å². The molecule has 1 atom stereocenters. The molecular weight excluding hydrogens is 484 g/mol. The second kappa shape index (κ2) is 13.3. The topological polar surface area (TPSA) is 88.5 Å². The van der Waals surface area contributed by atoms with Crippen LogP contribution in [0, 0.1) is 6.92 Å². The van der Waals surface area contributed by atoms with Crippen LogP contribution in [0.15, 0.2) is 42.0 Å². The minimum Gasteiger partial charge on any atom is -0.507 e. The molecule has 206 valence electrons. The van der Waals surface area contributed by atoms with Crippen LogP contribution >= 0.6 is 0 Å². The lowest BCUT2D eigenvalue weighted by Crippen LogP contribution is -2.35. The normalized spacial score (nSPS) is 16.8. The van der Waals surface area contributed by atoms with Gasteiger partial charge in [0.15, 0.2) is 11.5 Å². The highest BCUT2D eigenvalue weighted by Gasteiger charge is 2.46. The number of benzene rings is 2. The highest BCUT2D eigenvalue weighted by molar-refractivity contribution is 6.46. The molecule has 0 bridgehead atoms. The number of ether oxygens (including phenoxy) is 3. The van der Waals surface area contributed by atoms with Crippen molar-refractivity contribution < 1.29 is 28.9 Å². The first kappa shape index (κ1) is 29.0. The Labute approximate surface area is 225 Å². The standard InChI is InChI=1S/C30H40N2O6/c1-7-9-17-38-24-13-10-21(19-25(24)36-6)27-26(29(34)30(35)32(27)15-14-31(4)5)28(33)23-12-11-22(18-20(23)3)37-16-8-2/h10-13,18-19,27,33H,7-9,14-17H2,1-6H3/b28-26+. The summed E-state index contributed by atoms with van der Waals surface area (Å²) in [5, 5.41) is 11.5. The van der Waals surface area contributed by atoms with Gasteiger partial charge in [0, 0.05) is 18.7 Å². The summed E-state index contributed by atoms with van der Waals surface area (Å²) in [4.78, 5) is 30.1. The summed E-state index contributed by atoms with van der Waals surface area (Å²) < 4.78 is 17.2. The quantitative estimate of drug-likeness (QED) is 0.172. The Morgan fingerprint density at radius 2 is 1.76 bits per heavy atom. The van der Waals surface area contributed by atoms with Crippen LogP contribution in [0.5, 0.6) is 17.2 Å². The maximum absolute atomic E-state index is 13.4. The predicted molar refractivity (Wildman–Crippen MR) is 148 cm³/mol.